The number of ether oxygens (including phenoxy) is 4. The molecule has 0 bridgehead atoms. The lowest BCUT2D eigenvalue weighted by atomic mass is 9.65. The number of allylic oxidation sites excluding steroid dienone is 1. The van der Waals surface area contributed by atoms with Crippen molar-refractivity contribution >= 4 is 5.97 Å². The zero-order chi connectivity index (χ0) is 17.6. The fourth-order valence-corrected chi connectivity index (χ4v) is 4.89. The predicted octanol–water partition coefficient (Wildman–Crippen LogP) is 3.07. The van der Waals surface area contributed by atoms with Crippen LogP contribution in [0.2, 0.25) is 0 Å². The number of esters is 1. The summed E-state index contributed by atoms with van der Waals surface area (Å²) in [6, 6.07) is 5.72. The van der Waals surface area contributed by atoms with Gasteiger partial charge in [0.25, 0.3) is 0 Å². The first kappa shape index (κ1) is 15.6. The van der Waals surface area contributed by atoms with E-state index in [1.54, 1.807) is 0 Å². The lowest BCUT2D eigenvalue weighted by Crippen LogP contribution is -2.56. The van der Waals surface area contributed by atoms with Gasteiger partial charge in [0.2, 0.25) is 0 Å². The molecule has 4 aliphatic heterocycles. The van der Waals surface area contributed by atoms with Gasteiger partial charge in [-0.1, -0.05) is 25.1 Å². The topological polar surface area (TPSA) is 57.3 Å². The molecule has 1 spiro atoms. The van der Waals surface area contributed by atoms with Crippen molar-refractivity contribution in [3.63, 3.8) is 0 Å². The van der Waals surface area contributed by atoms with Gasteiger partial charge in [-0.2, -0.15) is 0 Å². The maximum Gasteiger partial charge on any atom is 0.318 e. The second-order valence-corrected chi connectivity index (χ2v) is 8.22. The highest BCUT2D eigenvalue weighted by atomic mass is 16.8. The first-order valence-corrected chi connectivity index (χ1v) is 8.76. The zero-order valence-electron chi connectivity index (χ0n) is 14.7. The molecule has 1 aromatic carbocycles. The van der Waals surface area contributed by atoms with Gasteiger partial charge in [0, 0.05) is 17.4 Å². The molecule has 0 aromatic heterocycles. The van der Waals surface area contributed by atoms with Crippen molar-refractivity contribution in [1.29, 1.82) is 0 Å². The fraction of sp³-hybridized carbons (Fsp3) is 0.550. The summed E-state index contributed by atoms with van der Waals surface area (Å²) in [5, 5.41) is 0. The molecular weight excluding hydrogens is 320 g/mol. The summed E-state index contributed by atoms with van der Waals surface area (Å²) in [7, 11) is 0. The summed E-state index contributed by atoms with van der Waals surface area (Å²) in [6.45, 7) is 10.6. The number of hydrogen-bond donors (Lipinski definition) is 0. The van der Waals surface area contributed by atoms with Gasteiger partial charge in [-0.05, 0) is 25.5 Å². The van der Waals surface area contributed by atoms with Crippen LogP contribution in [0, 0.1) is 18.3 Å². The number of aryl methyl sites for hydroxylation is 1. The fourth-order valence-electron chi connectivity index (χ4n) is 4.89. The molecule has 5 nitrogen and oxygen atoms in total. The largest absolute Gasteiger partial charge is 0.426 e. The van der Waals surface area contributed by atoms with Gasteiger partial charge in [-0.15, -0.1) is 6.58 Å². The minimum absolute atomic E-state index is 0.106. The van der Waals surface area contributed by atoms with Crippen LogP contribution in [0.15, 0.2) is 30.9 Å². The number of rotatable bonds is 1. The molecule has 0 aliphatic carbocycles. The van der Waals surface area contributed by atoms with E-state index in [4.69, 9.17) is 18.9 Å². The zero-order valence-corrected chi connectivity index (χ0v) is 14.7. The van der Waals surface area contributed by atoms with E-state index in [0.29, 0.717) is 18.8 Å². The van der Waals surface area contributed by atoms with Crippen LogP contribution in [0.25, 0.3) is 0 Å². The molecule has 4 heterocycles. The monoisotopic (exact) mass is 342 g/mol. The number of fused-ring (bicyclic) bond motifs is 5. The molecule has 6 atom stereocenters. The number of epoxide rings is 1. The summed E-state index contributed by atoms with van der Waals surface area (Å²) >= 11 is 0. The maximum atomic E-state index is 12.8. The van der Waals surface area contributed by atoms with Gasteiger partial charge in [-0.3, -0.25) is 4.79 Å². The van der Waals surface area contributed by atoms with E-state index < -0.39 is 23.2 Å². The van der Waals surface area contributed by atoms with E-state index in [0.717, 1.165) is 11.1 Å². The minimum Gasteiger partial charge on any atom is -0.426 e. The molecule has 5 heteroatoms. The Hall–Kier alpha value is -1.69. The summed E-state index contributed by atoms with van der Waals surface area (Å²) in [5.74, 6) is -0.973. The van der Waals surface area contributed by atoms with Crippen LogP contribution in [0.4, 0.5) is 0 Å². The summed E-state index contributed by atoms with van der Waals surface area (Å²) < 4.78 is 24.2. The summed E-state index contributed by atoms with van der Waals surface area (Å²) in [6.07, 6.45) is 1.84. The smallest absolute Gasteiger partial charge is 0.318 e. The van der Waals surface area contributed by atoms with E-state index in [9.17, 15) is 4.79 Å². The summed E-state index contributed by atoms with van der Waals surface area (Å²) in [5.41, 5.74) is 1.19. The van der Waals surface area contributed by atoms with E-state index in [1.165, 1.54) is 0 Å². The number of benzene rings is 1. The van der Waals surface area contributed by atoms with E-state index in [1.807, 2.05) is 45.0 Å². The van der Waals surface area contributed by atoms with E-state index in [2.05, 4.69) is 6.58 Å². The molecule has 0 radical (unpaired) electrons. The SMILES string of the molecule is C=CC1(C)CC2(OCC3(C)OC32)OC2c3c(C)cccc3OC(=O)C21. The van der Waals surface area contributed by atoms with E-state index >= 15 is 0 Å². The number of hydrogen-bond acceptors (Lipinski definition) is 5. The van der Waals surface area contributed by atoms with Crippen LogP contribution < -0.4 is 4.74 Å². The number of carbonyl (C=O) groups is 1. The minimum atomic E-state index is -0.837. The average Bonchev–Trinajstić information content (AvgIpc) is 3.19. The third-order valence-corrected chi connectivity index (χ3v) is 6.35. The predicted molar refractivity (Wildman–Crippen MR) is 89.0 cm³/mol. The van der Waals surface area contributed by atoms with Crippen molar-refractivity contribution < 1.29 is 23.7 Å². The molecule has 0 amide bonds. The van der Waals surface area contributed by atoms with Crippen molar-refractivity contribution in [3.8, 4) is 5.75 Å². The maximum absolute atomic E-state index is 12.8. The van der Waals surface area contributed by atoms with Crippen LogP contribution >= 0.6 is 0 Å². The molecule has 3 saturated heterocycles. The van der Waals surface area contributed by atoms with Gasteiger partial charge in [0.05, 0.1) is 12.5 Å². The molecule has 1 aromatic rings. The Labute approximate surface area is 146 Å². The van der Waals surface area contributed by atoms with Gasteiger partial charge in [-0.25, -0.2) is 0 Å². The third-order valence-electron chi connectivity index (χ3n) is 6.35. The van der Waals surface area contributed by atoms with Crippen LogP contribution in [0.1, 0.15) is 37.5 Å². The molecule has 6 unspecified atom stereocenters. The van der Waals surface area contributed by atoms with Crippen LogP contribution in [0.3, 0.4) is 0 Å². The van der Waals surface area contributed by atoms with Crippen LogP contribution in [0.5, 0.6) is 5.75 Å². The Balaban J connectivity index is 1.67. The Bertz CT molecular complexity index is 803. The lowest BCUT2D eigenvalue weighted by Gasteiger charge is -2.52. The Morgan fingerprint density at radius 3 is 2.72 bits per heavy atom. The van der Waals surface area contributed by atoms with Crippen molar-refractivity contribution in [2.75, 3.05) is 6.61 Å². The van der Waals surface area contributed by atoms with Crippen molar-refractivity contribution in [2.24, 2.45) is 11.3 Å². The molecule has 0 saturated carbocycles. The molecule has 25 heavy (non-hydrogen) atoms. The molecular formula is C20H22O5. The molecule has 5 rings (SSSR count). The second-order valence-electron chi connectivity index (χ2n) is 8.22. The summed E-state index contributed by atoms with van der Waals surface area (Å²) in [4.78, 5) is 12.8. The normalized spacial score (nSPS) is 46.8. The average molecular weight is 342 g/mol. The Morgan fingerprint density at radius 2 is 2.08 bits per heavy atom. The Morgan fingerprint density at radius 1 is 1.28 bits per heavy atom. The van der Waals surface area contributed by atoms with Crippen molar-refractivity contribution in [3.05, 3.63) is 42.0 Å². The number of carbonyl (C=O) groups excluding carboxylic acids is 1. The van der Waals surface area contributed by atoms with Crippen LogP contribution in [-0.4, -0.2) is 30.1 Å². The quantitative estimate of drug-likeness (QED) is 0.340. The second kappa shape index (κ2) is 4.53. The molecule has 0 N–H and O–H groups in total. The first-order chi connectivity index (χ1) is 11.8. The molecule has 3 fully saturated rings. The lowest BCUT2D eigenvalue weighted by molar-refractivity contribution is -0.315. The van der Waals surface area contributed by atoms with Gasteiger partial charge in [0.1, 0.15) is 23.6 Å². The van der Waals surface area contributed by atoms with Crippen molar-refractivity contribution in [1.82, 2.24) is 0 Å². The first-order valence-electron chi connectivity index (χ1n) is 8.76. The highest BCUT2D eigenvalue weighted by molar-refractivity contribution is 5.80. The van der Waals surface area contributed by atoms with Gasteiger partial charge >= 0.3 is 5.97 Å². The highest BCUT2D eigenvalue weighted by Gasteiger charge is 2.75. The van der Waals surface area contributed by atoms with Crippen LogP contribution in [-0.2, 0) is 19.0 Å². The highest BCUT2D eigenvalue weighted by Crippen LogP contribution is 2.64. The Kier molecular flexibility index (Phi) is 2.82. The standard InChI is InChI=1S/C20H22O5/c1-5-18(3)9-20(17-19(4,25-17)10-22-20)24-15-13-11(2)7-6-8-12(13)23-16(21)14(15)18/h5-8,14-15,17H,1,9-10H2,2-4H3. The molecule has 132 valence electrons. The third kappa shape index (κ3) is 1.86. The van der Waals surface area contributed by atoms with E-state index in [-0.39, 0.29) is 17.7 Å². The van der Waals surface area contributed by atoms with Gasteiger partial charge < -0.3 is 18.9 Å². The van der Waals surface area contributed by atoms with Gasteiger partial charge in [0.15, 0.2) is 5.79 Å². The molecule has 4 aliphatic rings. The van der Waals surface area contributed by atoms with Crippen molar-refractivity contribution in [2.45, 2.75) is 50.8 Å².